The Kier molecular flexibility index (Phi) is 8.66. The van der Waals surface area contributed by atoms with Gasteiger partial charge in [0.25, 0.3) is 0 Å². The molecule has 0 atom stereocenters. The van der Waals surface area contributed by atoms with Crippen LogP contribution in [0.4, 0.5) is 5.13 Å². The molecule has 1 aliphatic rings. The lowest BCUT2D eigenvalue weighted by Crippen LogP contribution is -2.39. The summed E-state index contributed by atoms with van der Waals surface area (Å²) < 4.78 is 11.7. The molecule has 1 fully saturated rings. The van der Waals surface area contributed by atoms with Gasteiger partial charge in [0, 0.05) is 26.2 Å². The molecule has 0 bridgehead atoms. The van der Waals surface area contributed by atoms with E-state index in [4.69, 9.17) is 14.5 Å². The Hall–Kier alpha value is -2.19. The highest BCUT2D eigenvalue weighted by molar-refractivity contribution is 7.22. The molecule has 4 rings (SSSR count). The van der Waals surface area contributed by atoms with Gasteiger partial charge in [-0.2, -0.15) is 0 Å². The number of halogens is 1. The molecule has 0 saturated carbocycles. The number of fused-ring (bicyclic) bond motifs is 1. The van der Waals surface area contributed by atoms with Crippen LogP contribution in [0, 0.1) is 0 Å². The fourth-order valence-electron chi connectivity index (χ4n) is 3.59. The van der Waals surface area contributed by atoms with E-state index in [0.717, 1.165) is 65.9 Å². The molecule has 1 amide bonds. The van der Waals surface area contributed by atoms with Crippen LogP contribution in [0.1, 0.15) is 12.0 Å². The minimum Gasteiger partial charge on any atom is -0.497 e. The number of nitrogens with zero attached hydrogens (tertiary/aromatic N) is 3. The number of methoxy groups -OCH3 is 1. The van der Waals surface area contributed by atoms with Gasteiger partial charge >= 0.3 is 0 Å². The molecule has 1 aliphatic heterocycles. The summed E-state index contributed by atoms with van der Waals surface area (Å²) in [6.45, 7) is 5.12. The Labute approximate surface area is 193 Å². The Morgan fingerprint density at radius 1 is 1.16 bits per heavy atom. The standard InChI is InChI=1S/C23H27N3O3S.ClH/c1-28-19-9-7-18(8-10-19)17-22(27)26(12-4-11-25-13-15-29-16-14-25)23-24-20-5-2-3-6-21(20)30-23;/h2-3,5-10H,4,11-17H2,1H3;1H. The first kappa shape index (κ1) is 23.5. The van der Waals surface area contributed by atoms with Crippen LogP contribution >= 0.6 is 23.7 Å². The highest BCUT2D eigenvalue weighted by Gasteiger charge is 2.20. The molecule has 0 radical (unpaired) electrons. The smallest absolute Gasteiger partial charge is 0.233 e. The van der Waals surface area contributed by atoms with Gasteiger partial charge in [-0.05, 0) is 36.2 Å². The minimum absolute atomic E-state index is 0. The zero-order chi connectivity index (χ0) is 20.8. The number of hydrogen-bond donors (Lipinski definition) is 0. The van der Waals surface area contributed by atoms with E-state index < -0.39 is 0 Å². The van der Waals surface area contributed by atoms with Crippen LogP contribution in [0.3, 0.4) is 0 Å². The lowest BCUT2D eigenvalue weighted by Gasteiger charge is -2.27. The average molecular weight is 462 g/mol. The van der Waals surface area contributed by atoms with Crippen molar-refractivity contribution in [3.05, 3.63) is 54.1 Å². The van der Waals surface area contributed by atoms with Crippen LogP contribution < -0.4 is 9.64 Å². The second kappa shape index (κ2) is 11.4. The molecule has 0 N–H and O–H groups in total. The summed E-state index contributed by atoms with van der Waals surface area (Å²) in [6, 6.07) is 15.7. The van der Waals surface area contributed by atoms with E-state index in [-0.39, 0.29) is 18.3 Å². The summed E-state index contributed by atoms with van der Waals surface area (Å²) >= 11 is 1.58. The first-order chi connectivity index (χ1) is 14.7. The van der Waals surface area contributed by atoms with E-state index in [2.05, 4.69) is 11.0 Å². The molecule has 2 heterocycles. The van der Waals surface area contributed by atoms with Crippen molar-refractivity contribution >= 4 is 45.0 Å². The Bertz CT molecular complexity index is 941. The molecule has 3 aromatic rings. The maximum Gasteiger partial charge on any atom is 0.233 e. The molecule has 0 spiro atoms. The number of carbonyl (C=O) groups is 1. The SMILES string of the molecule is COc1ccc(CC(=O)N(CCCN2CCOCC2)c2nc3ccccc3s2)cc1.Cl. The molecule has 6 nitrogen and oxygen atoms in total. The van der Waals surface area contributed by atoms with Crippen LogP contribution in [-0.4, -0.2) is 62.3 Å². The minimum atomic E-state index is 0. The second-order valence-corrected chi connectivity index (χ2v) is 8.35. The predicted molar refractivity (Wildman–Crippen MR) is 128 cm³/mol. The number of anilines is 1. The van der Waals surface area contributed by atoms with E-state index >= 15 is 0 Å². The Morgan fingerprint density at radius 3 is 2.61 bits per heavy atom. The molecule has 0 unspecified atom stereocenters. The summed E-state index contributed by atoms with van der Waals surface area (Å²) in [5, 5.41) is 0.775. The number of para-hydroxylation sites is 1. The van der Waals surface area contributed by atoms with E-state index in [1.165, 1.54) is 0 Å². The fourth-order valence-corrected chi connectivity index (χ4v) is 4.60. The molecule has 1 saturated heterocycles. The number of morpholine rings is 1. The summed E-state index contributed by atoms with van der Waals surface area (Å²) in [5.74, 6) is 0.862. The normalized spacial score (nSPS) is 14.2. The van der Waals surface area contributed by atoms with Crippen LogP contribution in [-0.2, 0) is 16.0 Å². The zero-order valence-corrected chi connectivity index (χ0v) is 19.3. The van der Waals surface area contributed by atoms with Gasteiger partial charge in [0.15, 0.2) is 5.13 Å². The molecular weight excluding hydrogens is 434 g/mol. The third-order valence-electron chi connectivity index (χ3n) is 5.29. The first-order valence-electron chi connectivity index (χ1n) is 10.3. The van der Waals surface area contributed by atoms with Crippen molar-refractivity contribution < 1.29 is 14.3 Å². The van der Waals surface area contributed by atoms with Crippen molar-refractivity contribution in [1.82, 2.24) is 9.88 Å². The lowest BCUT2D eigenvalue weighted by molar-refractivity contribution is -0.118. The largest absolute Gasteiger partial charge is 0.497 e. The van der Waals surface area contributed by atoms with Gasteiger partial charge in [0.1, 0.15) is 5.75 Å². The van der Waals surface area contributed by atoms with Gasteiger partial charge in [-0.15, -0.1) is 12.4 Å². The topological polar surface area (TPSA) is 54.9 Å². The summed E-state index contributed by atoms with van der Waals surface area (Å²) in [4.78, 5) is 22.2. The molecular formula is C23H28ClN3O3S. The van der Waals surface area contributed by atoms with Crippen molar-refractivity contribution in [2.24, 2.45) is 0 Å². The molecule has 166 valence electrons. The van der Waals surface area contributed by atoms with Gasteiger partial charge in [0.05, 0.1) is 37.0 Å². The number of carbonyl (C=O) groups excluding carboxylic acids is 1. The highest BCUT2D eigenvalue weighted by atomic mass is 35.5. The van der Waals surface area contributed by atoms with E-state index in [0.29, 0.717) is 13.0 Å². The van der Waals surface area contributed by atoms with Crippen LogP contribution in [0.5, 0.6) is 5.75 Å². The number of rotatable bonds is 8. The molecule has 8 heteroatoms. The third kappa shape index (κ3) is 6.17. The number of amides is 1. The summed E-state index contributed by atoms with van der Waals surface area (Å²) in [6.07, 6.45) is 1.25. The van der Waals surface area contributed by atoms with Crippen LogP contribution in [0.2, 0.25) is 0 Å². The maximum absolute atomic E-state index is 13.3. The fraction of sp³-hybridized carbons (Fsp3) is 0.391. The molecule has 0 aliphatic carbocycles. The highest BCUT2D eigenvalue weighted by Crippen LogP contribution is 2.29. The monoisotopic (exact) mass is 461 g/mol. The first-order valence-corrected chi connectivity index (χ1v) is 11.1. The molecule has 31 heavy (non-hydrogen) atoms. The van der Waals surface area contributed by atoms with Gasteiger partial charge in [-0.25, -0.2) is 4.98 Å². The van der Waals surface area contributed by atoms with E-state index in [1.807, 2.05) is 47.4 Å². The summed E-state index contributed by atoms with van der Waals surface area (Å²) in [7, 11) is 1.64. The van der Waals surface area contributed by atoms with Gasteiger partial charge in [0.2, 0.25) is 5.91 Å². The van der Waals surface area contributed by atoms with Crippen molar-refractivity contribution in [2.75, 3.05) is 51.4 Å². The Morgan fingerprint density at radius 2 is 1.90 bits per heavy atom. The van der Waals surface area contributed by atoms with E-state index in [1.54, 1.807) is 18.4 Å². The third-order valence-corrected chi connectivity index (χ3v) is 6.35. The van der Waals surface area contributed by atoms with Crippen LogP contribution in [0.25, 0.3) is 10.2 Å². The van der Waals surface area contributed by atoms with Crippen molar-refractivity contribution in [2.45, 2.75) is 12.8 Å². The van der Waals surface area contributed by atoms with Gasteiger partial charge in [-0.1, -0.05) is 35.6 Å². The predicted octanol–water partition coefficient (Wildman–Crippen LogP) is 4.02. The number of benzene rings is 2. The number of thiazole rings is 1. The summed E-state index contributed by atoms with van der Waals surface area (Å²) in [5.41, 5.74) is 1.91. The van der Waals surface area contributed by atoms with Crippen molar-refractivity contribution in [3.63, 3.8) is 0 Å². The lowest BCUT2D eigenvalue weighted by atomic mass is 10.1. The van der Waals surface area contributed by atoms with Crippen molar-refractivity contribution in [3.8, 4) is 5.75 Å². The quantitative estimate of drug-likeness (QED) is 0.507. The zero-order valence-electron chi connectivity index (χ0n) is 17.7. The maximum atomic E-state index is 13.3. The molecule has 2 aromatic carbocycles. The number of hydrogen-bond acceptors (Lipinski definition) is 6. The molecule has 1 aromatic heterocycles. The van der Waals surface area contributed by atoms with Gasteiger partial charge < -0.3 is 9.47 Å². The van der Waals surface area contributed by atoms with Crippen molar-refractivity contribution in [1.29, 1.82) is 0 Å². The number of aromatic nitrogens is 1. The van der Waals surface area contributed by atoms with Gasteiger partial charge in [-0.3, -0.25) is 14.6 Å². The van der Waals surface area contributed by atoms with Crippen LogP contribution in [0.15, 0.2) is 48.5 Å². The average Bonchev–Trinajstić information content (AvgIpc) is 3.21. The second-order valence-electron chi connectivity index (χ2n) is 7.34. The number of ether oxygens (including phenoxy) is 2. The van der Waals surface area contributed by atoms with E-state index in [9.17, 15) is 4.79 Å². The Balaban J connectivity index is 0.00000272.